The number of ether oxygens (including phenoxy) is 6. The highest BCUT2D eigenvalue weighted by Crippen LogP contribution is 2.09. The molecule has 0 saturated carbocycles. The number of rotatable bonds is 12. The zero-order chi connectivity index (χ0) is 36.6. The SMILES string of the molecule is CCC(C)C(C)OC.CCC(C)C(C)OC.COC(C)=C(C)C.COC(C)=C(C)C.COC(C)C(C)C.COC(C)C(C)C. The van der Waals surface area contributed by atoms with Gasteiger partial charge in [-0.05, 0) is 104 Å². The Kier molecular flexibility index (Phi) is 47.9. The molecule has 0 saturated heterocycles. The Balaban J connectivity index is -0.0000000986. The average molecular weight is 637 g/mol. The summed E-state index contributed by atoms with van der Waals surface area (Å²) >= 11 is 0. The van der Waals surface area contributed by atoms with Crippen molar-refractivity contribution < 1.29 is 28.4 Å². The molecule has 0 aliphatic heterocycles. The fourth-order valence-electron chi connectivity index (χ4n) is 2.08. The molecule has 44 heavy (non-hydrogen) atoms. The van der Waals surface area contributed by atoms with E-state index in [1.54, 1.807) is 42.7 Å². The van der Waals surface area contributed by atoms with Crippen molar-refractivity contribution in [2.24, 2.45) is 23.7 Å². The van der Waals surface area contributed by atoms with Gasteiger partial charge in [0.1, 0.15) is 0 Å². The minimum Gasteiger partial charge on any atom is -0.501 e. The van der Waals surface area contributed by atoms with E-state index >= 15 is 0 Å². The molecule has 0 fully saturated rings. The normalized spacial score (nSPS) is 13.9. The van der Waals surface area contributed by atoms with E-state index in [9.17, 15) is 0 Å². The number of methoxy groups -OCH3 is 6. The molecule has 0 aromatic heterocycles. The molecule has 0 heterocycles. The second-order valence-corrected chi connectivity index (χ2v) is 12.5. The smallest absolute Gasteiger partial charge is 0.0910 e. The molecule has 0 rings (SSSR count). The highest BCUT2D eigenvalue weighted by atomic mass is 16.5. The molecular formula is C38H84O6. The standard InChI is InChI=1S/2C7H16O.2C6H14O.2C6H12O/c2*1-5-6(2)7(3)8-4;4*1-5(2)6(3)7-4/h2*6-7H,5H2,1-4H3;2*5-6H,1-4H3;2*1-4H3. The predicted molar refractivity (Wildman–Crippen MR) is 197 cm³/mol. The molecule has 0 aromatic rings. The van der Waals surface area contributed by atoms with E-state index in [0.717, 1.165) is 11.5 Å². The monoisotopic (exact) mass is 637 g/mol. The maximum Gasteiger partial charge on any atom is 0.0910 e. The van der Waals surface area contributed by atoms with Gasteiger partial charge in [-0.25, -0.2) is 0 Å². The van der Waals surface area contributed by atoms with E-state index in [1.807, 2.05) is 41.5 Å². The third kappa shape index (κ3) is 43.0. The van der Waals surface area contributed by atoms with Crippen molar-refractivity contribution in [2.45, 2.75) is 162 Å². The van der Waals surface area contributed by atoms with Crippen molar-refractivity contribution in [3.8, 4) is 0 Å². The molecule has 0 N–H and O–H groups in total. The van der Waals surface area contributed by atoms with Crippen molar-refractivity contribution in [2.75, 3.05) is 42.7 Å². The fraction of sp³-hybridized carbons (Fsp3) is 0.895. The van der Waals surface area contributed by atoms with Crippen molar-refractivity contribution >= 4 is 0 Å². The van der Waals surface area contributed by atoms with Crippen LogP contribution < -0.4 is 0 Å². The summed E-state index contributed by atoms with van der Waals surface area (Å²) in [5.41, 5.74) is 2.48. The minimum absolute atomic E-state index is 0.403. The van der Waals surface area contributed by atoms with Crippen molar-refractivity contribution in [1.29, 1.82) is 0 Å². The summed E-state index contributed by atoms with van der Waals surface area (Å²) < 4.78 is 30.0. The van der Waals surface area contributed by atoms with Crippen LogP contribution in [0.3, 0.4) is 0 Å². The molecule has 6 heteroatoms. The molecule has 272 valence electrons. The van der Waals surface area contributed by atoms with Crippen LogP contribution in [0.4, 0.5) is 0 Å². The van der Waals surface area contributed by atoms with E-state index < -0.39 is 0 Å². The third-order valence-electron chi connectivity index (χ3n) is 8.28. The quantitative estimate of drug-likeness (QED) is 0.199. The molecule has 6 unspecified atom stereocenters. The maximum atomic E-state index is 5.10. The number of allylic oxidation sites excluding steroid dienone is 4. The molecule has 0 spiro atoms. The number of hydrogen-bond acceptors (Lipinski definition) is 6. The lowest BCUT2D eigenvalue weighted by Gasteiger charge is -2.15. The van der Waals surface area contributed by atoms with E-state index in [1.165, 1.54) is 24.0 Å². The summed E-state index contributed by atoms with van der Waals surface area (Å²) in [5, 5.41) is 0. The molecule has 0 radical (unpaired) electrons. The lowest BCUT2D eigenvalue weighted by Crippen LogP contribution is -2.14. The first kappa shape index (κ1) is 55.3. The first-order valence-corrected chi connectivity index (χ1v) is 16.6. The third-order valence-corrected chi connectivity index (χ3v) is 8.28. The zero-order valence-electron chi connectivity index (χ0n) is 34.5. The Morgan fingerprint density at radius 3 is 0.614 bits per heavy atom. The van der Waals surface area contributed by atoms with Crippen LogP contribution in [0.2, 0.25) is 0 Å². The molecular weight excluding hydrogens is 552 g/mol. The molecule has 0 amide bonds. The van der Waals surface area contributed by atoms with Crippen LogP contribution in [0.1, 0.15) is 137 Å². The largest absolute Gasteiger partial charge is 0.501 e. The summed E-state index contributed by atoms with van der Waals surface area (Å²) in [6.07, 6.45) is 4.05. The van der Waals surface area contributed by atoms with Crippen LogP contribution >= 0.6 is 0 Å². The highest BCUT2D eigenvalue weighted by Gasteiger charge is 2.07. The highest BCUT2D eigenvalue weighted by molar-refractivity contribution is 4.98. The summed E-state index contributed by atoms with van der Waals surface area (Å²) in [6, 6.07) is 0. The van der Waals surface area contributed by atoms with Gasteiger partial charge in [0.2, 0.25) is 0 Å². The van der Waals surface area contributed by atoms with Gasteiger partial charge in [-0.3, -0.25) is 0 Å². The molecule has 0 bridgehead atoms. The van der Waals surface area contributed by atoms with Gasteiger partial charge < -0.3 is 28.4 Å². The molecule has 0 aliphatic rings. The lowest BCUT2D eigenvalue weighted by molar-refractivity contribution is 0.0722. The van der Waals surface area contributed by atoms with Gasteiger partial charge in [0.15, 0.2) is 0 Å². The van der Waals surface area contributed by atoms with Crippen LogP contribution in [0, 0.1) is 23.7 Å². The maximum absolute atomic E-state index is 5.10. The van der Waals surface area contributed by atoms with E-state index in [2.05, 4.69) is 83.1 Å². The Morgan fingerprint density at radius 2 is 0.591 bits per heavy atom. The number of hydrogen-bond donors (Lipinski definition) is 0. The second kappa shape index (κ2) is 38.1. The van der Waals surface area contributed by atoms with Gasteiger partial charge in [-0.1, -0.05) is 68.2 Å². The van der Waals surface area contributed by atoms with Gasteiger partial charge in [0.05, 0.1) is 50.2 Å². The Hall–Kier alpha value is -1.08. The molecule has 0 aromatic carbocycles. The Labute approximate surface area is 279 Å². The second-order valence-electron chi connectivity index (χ2n) is 12.5. The lowest BCUT2D eigenvalue weighted by atomic mass is 10.0. The summed E-state index contributed by atoms with van der Waals surface area (Å²) in [7, 11) is 10.4. The van der Waals surface area contributed by atoms with Gasteiger partial charge in [0.25, 0.3) is 0 Å². The van der Waals surface area contributed by atoms with E-state index in [0.29, 0.717) is 48.1 Å². The van der Waals surface area contributed by atoms with Gasteiger partial charge in [-0.15, -0.1) is 0 Å². The topological polar surface area (TPSA) is 55.4 Å². The Bertz CT molecular complexity index is 549. The van der Waals surface area contributed by atoms with Crippen LogP contribution in [0.15, 0.2) is 22.7 Å². The van der Waals surface area contributed by atoms with Crippen LogP contribution in [0.25, 0.3) is 0 Å². The van der Waals surface area contributed by atoms with Gasteiger partial charge in [-0.2, -0.15) is 0 Å². The van der Waals surface area contributed by atoms with Crippen LogP contribution in [-0.2, 0) is 28.4 Å². The van der Waals surface area contributed by atoms with Gasteiger partial charge >= 0.3 is 0 Å². The zero-order valence-corrected chi connectivity index (χ0v) is 34.5. The fourth-order valence-corrected chi connectivity index (χ4v) is 2.08. The Morgan fingerprint density at radius 1 is 0.386 bits per heavy atom. The van der Waals surface area contributed by atoms with Crippen molar-refractivity contribution in [1.82, 2.24) is 0 Å². The first-order valence-electron chi connectivity index (χ1n) is 16.6. The van der Waals surface area contributed by atoms with Crippen molar-refractivity contribution in [3.63, 3.8) is 0 Å². The molecule has 6 nitrogen and oxygen atoms in total. The minimum atomic E-state index is 0.403. The van der Waals surface area contributed by atoms with E-state index in [4.69, 9.17) is 28.4 Å². The summed E-state index contributed by atoms with van der Waals surface area (Å²) in [5.74, 6) is 4.70. The van der Waals surface area contributed by atoms with E-state index in [-0.39, 0.29) is 0 Å². The average Bonchev–Trinajstić information content (AvgIpc) is 3.02. The first-order chi connectivity index (χ1) is 20.2. The molecule has 6 atom stereocenters. The van der Waals surface area contributed by atoms with Crippen LogP contribution in [-0.4, -0.2) is 67.1 Å². The molecule has 0 aliphatic carbocycles. The van der Waals surface area contributed by atoms with Crippen LogP contribution in [0.5, 0.6) is 0 Å². The van der Waals surface area contributed by atoms with Crippen molar-refractivity contribution in [3.05, 3.63) is 22.7 Å². The van der Waals surface area contributed by atoms with Gasteiger partial charge in [0, 0.05) is 28.4 Å². The predicted octanol–water partition coefficient (Wildman–Crippen LogP) is 11.4. The summed E-state index contributed by atoms with van der Waals surface area (Å²) in [6.45, 7) is 37.7. The summed E-state index contributed by atoms with van der Waals surface area (Å²) in [4.78, 5) is 0.